The summed E-state index contributed by atoms with van der Waals surface area (Å²) in [6, 6.07) is 0. The van der Waals surface area contributed by atoms with E-state index in [1.165, 1.54) is 18.3 Å². The number of nitrogens with two attached hydrogens (primary N) is 1. The first kappa shape index (κ1) is 11.9. The van der Waals surface area contributed by atoms with Crippen LogP contribution in [0.15, 0.2) is 12.3 Å². The Morgan fingerprint density at radius 1 is 1.73 bits per heavy atom. The highest BCUT2D eigenvalue weighted by Gasteiger charge is 2.00. The number of aromatic nitrogens is 2. The molecule has 0 aliphatic heterocycles. The van der Waals surface area contributed by atoms with Crippen LogP contribution in [0.4, 0.5) is 5.69 Å². The number of nitrogen functional groups attached to an aromatic ring is 1. The fraction of sp³-hybridized carbons (Fsp3) is 0.222. The number of rotatable bonds is 3. The van der Waals surface area contributed by atoms with Gasteiger partial charge in [-0.1, -0.05) is 0 Å². The normalized spacial score (nSPS) is 10.5. The highest BCUT2D eigenvalue weighted by atomic mass is 127. The van der Waals surface area contributed by atoms with Gasteiger partial charge in [-0.05, 0) is 13.0 Å². The number of ether oxygens (including phenoxy) is 1. The van der Waals surface area contributed by atoms with E-state index in [1.807, 2.05) is 22.6 Å². The molecule has 1 heterocycles. The molecule has 0 fully saturated rings. The number of hydrogen-bond donors (Lipinski definition) is 1. The molecule has 0 saturated heterocycles. The second-order valence-corrected chi connectivity index (χ2v) is 3.53. The van der Waals surface area contributed by atoms with Crippen LogP contribution in [0.2, 0.25) is 0 Å². The quantitative estimate of drug-likeness (QED) is 0.392. The van der Waals surface area contributed by atoms with Gasteiger partial charge in [-0.2, -0.15) is 0 Å². The topological polar surface area (TPSA) is 78.1 Å². The van der Waals surface area contributed by atoms with Gasteiger partial charge in [0, 0.05) is 28.7 Å². The Balaban J connectivity index is 2.79. The molecule has 80 valence electrons. The van der Waals surface area contributed by atoms with E-state index >= 15 is 0 Å². The van der Waals surface area contributed by atoms with Gasteiger partial charge in [-0.25, -0.2) is 14.8 Å². The van der Waals surface area contributed by atoms with Crippen molar-refractivity contribution >= 4 is 40.3 Å². The average Bonchev–Trinajstić information content (AvgIpc) is 2.20. The number of hydrogen-bond acceptors (Lipinski definition) is 5. The number of carbonyl (C=O) groups is 1. The summed E-state index contributed by atoms with van der Waals surface area (Å²) in [6.45, 7) is 2.09. The standard InChI is InChI=1S/C9H10IN3O2/c1-2-15-8(14)4-3-7-6(11)5-12-9(10)13-7/h3-5H,2,11H2,1H3. The third-order valence-corrected chi connectivity index (χ3v) is 2.00. The van der Waals surface area contributed by atoms with Crippen LogP contribution in [0.3, 0.4) is 0 Å². The van der Waals surface area contributed by atoms with E-state index in [-0.39, 0.29) is 0 Å². The molecule has 0 aliphatic rings. The Morgan fingerprint density at radius 3 is 3.13 bits per heavy atom. The maximum atomic E-state index is 11.0. The molecule has 0 radical (unpaired) electrons. The van der Waals surface area contributed by atoms with Crippen molar-refractivity contribution in [3.05, 3.63) is 21.8 Å². The maximum absolute atomic E-state index is 11.0. The molecule has 6 heteroatoms. The zero-order valence-electron chi connectivity index (χ0n) is 8.11. The number of carbonyl (C=O) groups excluding carboxylic acids is 1. The lowest BCUT2D eigenvalue weighted by Crippen LogP contribution is -2.01. The largest absolute Gasteiger partial charge is 0.463 e. The first-order valence-electron chi connectivity index (χ1n) is 4.26. The van der Waals surface area contributed by atoms with Crippen molar-refractivity contribution in [2.24, 2.45) is 0 Å². The summed E-state index contributed by atoms with van der Waals surface area (Å²) in [5, 5.41) is 0. The lowest BCUT2D eigenvalue weighted by molar-refractivity contribution is -0.137. The fourth-order valence-corrected chi connectivity index (χ4v) is 1.25. The molecule has 0 aromatic carbocycles. The van der Waals surface area contributed by atoms with Crippen LogP contribution >= 0.6 is 22.6 Å². The molecule has 0 bridgehead atoms. The van der Waals surface area contributed by atoms with Gasteiger partial charge >= 0.3 is 5.97 Å². The van der Waals surface area contributed by atoms with Crippen molar-refractivity contribution < 1.29 is 9.53 Å². The zero-order chi connectivity index (χ0) is 11.3. The minimum absolute atomic E-state index is 0.347. The Bertz CT molecular complexity index is 393. The first-order chi connectivity index (χ1) is 7.13. The van der Waals surface area contributed by atoms with Crippen molar-refractivity contribution in [2.45, 2.75) is 6.92 Å². The average molecular weight is 319 g/mol. The minimum Gasteiger partial charge on any atom is -0.463 e. The molecule has 15 heavy (non-hydrogen) atoms. The lowest BCUT2D eigenvalue weighted by Gasteiger charge is -1.99. The molecule has 0 aliphatic carbocycles. The Kier molecular flexibility index (Phi) is 4.47. The summed E-state index contributed by atoms with van der Waals surface area (Å²) < 4.78 is 5.30. The highest BCUT2D eigenvalue weighted by molar-refractivity contribution is 14.1. The summed E-state index contributed by atoms with van der Waals surface area (Å²) in [6.07, 6.45) is 4.30. The Labute approximate surface area is 101 Å². The maximum Gasteiger partial charge on any atom is 0.330 e. The third-order valence-electron chi connectivity index (χ3n) is 1.48. The zero-order valence-corrected chi connectivity index (χ0v) is 10.3. The van der Waals surface area contributed by atoms with Crippen molar-refractivity contribution in [1.82, 2.24) is 9.97 Å². The van der Waals surface area contributed by atoms with Gasteiger partial charge in [-0.3, -0.25) is 0 Å². The Morgan fingerprint density at radius 2 is 2.47 bits per heavy atom. The minimum atomic E-state index is -0.412. The van der Waals surface area contributed by atoms with Gasteiger partial charge < -0.3 is 10.5 Å². The molecule has 1 aromatic heterocycles. The van der Waals surface area contributed by atoms with E-state index in [2.05, 4.69) is 9.97 Å². The van der Waals surface area contributed by atoms with Crippen LogP contribution in [0.1, 0.15) is 12.6 Å². The predicted molar refractivity (Wildman–Crippen MR) is 64.8 cm³/mol. The van der Waals surface area contributed by atoms with Gasteiger partial charge in [0.25, 0.3) is 0 Å². The van der Waals surface area contributed by atoms with Gasteiger partial charge in [0.1, 0.15) is 0 Å². The van der Waals surface area contributed by atoms with Gasteiger partial charge in [0.15, 0.2) is 3.83 Å². The van der Waals surface area contributed by atoms with Crippen molar-refractivity contribution in [2.75, 3.05) is 12.3 Å². The predicted octanol–water partition coefficient (Wildman–Crippen LogP) is 1.24. The summed E-state index contributed by atoms with van der Waals surface area (Å²) in [4.78, 5) is 19.0. The molecule has 0 amide bonds. The molecular formula is C9H10IN3O2. The second-order valence-electron chi connectivity index (χ2n) is 2.56. The summed E-state index contributed by atoms with van der Waals surface area (Å²) in [7, 11) is 0. The van der Waals surface area contributed by atoms with Crippen molar-refractivity contribution in [3.8, 4) is 0 Å². The van der Waals surface area contributed by atoms with E-state index in [4.69, 9.17) is 10.5 Å². The van der Waals surface area contributed by atoms with Crippen LogP contribution in [0.25, 0.3) is 6.08 Å². The van der Waals surface area contributed by atoms with Gasteiger partial charge in [-0.15, -0.1) is 0 Å². The van der Waals surface area contributed by atoms with E-state index in [0.29, 0.717) is 21.8 Å². The third kappa shape index (κ3) is 3.82. The van der Waals surface area contributed by atoms with Crippen molar-refractivity contribution in [1.29, 1.82) is 0 Å². The molecule has 5 nitrogen and oxygen atoms in total. The second kappa shape index (κ2) is 5.64. The van der Waals surface area contributed by atoms with Crippen molar-refractivity contribution in [3.63, 3.8) is 0 Å². The van der Waals surface area contributed by atoms with E-state index in [0.717, 1.165) is 0 Å². The number of halogens is 1. The fourth-order valence-electron chi connectivity index (χ4n) is 0.853. The number of esters is 1. The van der Waals surface area contributed by atoms with Gasteiger partial charge in [0.2, 0.25) is 0 Å². The van der Waals surface area contributed by atoms with Crippen LogP contribution in [-0.4, -0.2) is 22.5 Å². The van der Waals surface area contributed by atoms with E-state index in [1.54, 1.807) is 6.92 Å². The molecular weight excluding hydrogens is 309 g/mol. The summed E-state index contributed by atoms with van der Waals surface area (Å²) in [5.74, 6) is -0.412. The molecule has 1 aromatic rings. The van der Waals surface area contributed by atoms with E-state index in [9.17, 15) is 4.79 Å². The number of anilines is 1. The monoisotopic (exact) mass is 319 g/mol. The highest BCUT2D eigenvalue weighted by Crippen LogP contribution is 2.10. The van der Waals surface area contributed by atoms with Crippen LogP contribution in [0, 0.1) is 3.83 Å². The summed E-state index contributed by atoms with van der Waals surface area (Å²) >= 11 is 1.97. The molecule has 1 rings (SSSR count). The molecule has 0 spiro atoms. The summed E-state index contributed by atoms with van der Waals surface area (Å²) in [5.41, 5.74) is 6.56. The first-order valence-corrected chi connectivity index (χ1v) is 5.34. The van der Waals surface area contributed by atoms with Crippen LogP contribution in [-0.2, 0) is 9.53 Å². The molecule has 0 atom stereocenters. The smallest absolute Gasteiger partial charge is 0.330 e. The molecule has 0 unspecified atom stereocenters. The van der Waals surface area contributed by atoms with Crippen LogP contribution in [0.5, 0.6) is 0 Å². The van der Waals surface area contributed by atoms with Gasteiger partial charge in [0.05, 0.1) is 24.2 Å². The SMILES string of the molecule is CCOC(=O)C=Cc1nc(I)ncc1N. The molecule has 0 saturated carbocycles. The van der Waals surface area contributed by atoms with Crippen LogP contribution < -0.4 is 5.73 Å². The molecule has 2 N–H and O–H groups in total. The van der Waals surface area contributed by atoms with E-state index < -0.39 is 5.97 Å². The number of nitrogens with zero attached hydrogens (tertiary/aromatic N) is 2. The Hall–Kier alpha value is -1.18. The lowest BCUT2D eigenvalue weighted by atomic mass is 10.3.